The Morgan fingerprint density at radius 1 is 1.64 bits per heavy atom. The molecule has 2 N–H and O–H groups in total. The highest BCUT2D eigenvalue weighted by atomic mass is 16.3. The van der Waals surface area contributed by atoms with Gasteiger partial charge in [-0.25, -0.2) is 0 Å². The predicted octanol–water partition coefficient (Wildman–Crippen LogP) is 1.65. The fraction of sp³-hybridized carbons (Fsp3) is 0.455. The van der Waals surface area contributed by atoms with Gasteiger partial charge < -0.3 is 14.8 Å². The summed E-state index contributed by atoms with van der Waals surface area (Å²) in [5, 5.41) is 11.9. The Kier molecular flexibility index (Phi) is 5.04. The maximum Gasteiger partial charge on any atom is 0.126 e. The van der Waals surface area contributed by atoms with Crippen LogP contribution in [-0.4, -0.2) is 24.3 Å². The number of aliphatic hydroxyl groups excluding tert-OH is 1. The first-order valence-corrected chi connectivity index (χ1v) is 4.87. The van der Waals surface area contributed by atoms with Crippen LogP contribution in [-0.2, 0) is 0 Å². The van der Waals surface area contributed by atoms with Crippen molar-refractivity contribution in [2.24, 2.45) is 0 Å². The molecule has 0 radical (unpaired) electrons. The third-order valence-electron chi connectivity index (χ3n) is 1.97. The van der Waals surface area contributed by atoms with E-state index in [1.807, 2.05) is 24.3 Å². The van der Waals surface area contributed by atoms with Crippen LogP contribution in [0.4, 0.5) is 0 Å². The maximum atomic E-state index is 8.67. The zero-order valence-electron chi connectivity index (χ0n) is 8.44. The van der Waals surface area contributed by atoms with Gasteiger partial charge in [0.25, 0.3) is 0 Å². The molecule has 0 aromatic carbocycles. The van der Waals surface area contributed by atoms with Crippen molar-refractivity contribution in [3.63, 3.8) is 0 Å². The van der Waals surface area contributed by atoms with Crippen LogP contribution in [0.25, 0.3) is 6.08 Å². The molecule has 1 rings (SSSR count). The Morgan fingerprint density at radius 2 is 2.50 bits per heavy atom. The summed E-state index contributed by atoms with van der Waals surface area (Å²) >= 11 is 0. The van der Waals surface area contributed by atoms with E-state index in [1.165, 1.54) is 0 Å². The summed E-state index contributed by atoms with van der Waals surface area (Å²) < 4.78 is 5.13. The molecule has 1 aromatic rings. The smallest absolute Gasteiger partial charge is 0.126 e. The Hall–Kier alpha value is -1.06. The lowest BCUT2D eigenvalue weighted by molar-refractivity contribution is 0.270. The molecule has 1 heterocycles. The number of nitrogens with one attached hydrogen (secondary N) is 1. The van der Waals surface area contributed by atoms with Gasteiger partial charge in [0.1, 0.15) is 5.76 Å². The van der Waals surface area contributed by atoms with Gasteiger partial charge in [0, 0.05) is 19.2 Å². The largest absolute Gasteiger partial charge is 0.465 e. The van der Waals surface area contributed by atoms with Crippen LogP contribution in [0.15, 0.2) is 28.9 Å². The Balaban J connectivity index is 2.15. The van der Waals surface area contributed by atoms with Crippen molar-refractivity contribution in [2.75, 3.05) is 13.2 Å². The molecule has 3 nitrogen and oxygen atoms in total. The summed E-state index contributed by atoms with van der Waals surface area (Å²) in [5.74, 6) is 0.863. The molecule has 1 atom stereocenters. The minimum Gasteiger partial charge on any atom is -0.465 e. The van der Waals surface area contributed by atoms with Crippen molar-refractivity contribution in [1.29, 1.82) is 0 Å². The van der Waals surface area contributed by atoms with E-state index in [9.17, 15) is 0 Å². The van der Waals surface area contributed by atoms with Gasteiger partial charge in [-0.05, 0) is 31.6 Å². The molecular formula is C11H17NO2. The first-order chi connectivity index (χ1) is 6.83. The van der Waals surface area contributed by atoms with Crippen LogP contribution in [0, 0.1) is 0 Å². The number of aliphatic hydroxyl groups is 1. The van der Waals surface area contributed by atoms with Crippen LogP contribution in [0.2, 0.25) is 0 Å². The standard InChI is InChI=1S/C11H17NO2/c1-10(6-8-13)12-7-2-4-11-5-3-9-14-11/h2-5,9-10,12-13H,6-8H2,1H3/b4-2+. The van der Waals surface area contributed by atoms with Crippen molar-refractivity contribution in [1.82, 2.24) is 5.32 Å². The molecule has 0 spiro atoms. The number of furan rings is 1. The lowest BCUT2D eigenvalue weighted by atomic mass is 10.2. The monoisotopic (exact) mass is 195 g/mol. The second kappa shape index (κ2) is 6.40. The van der Waals surface area contributed by atoms with Crippen molar-refractivity contribution >= 4 is 6.08 Å². The highest BCUT2D eigenvalue weighted by molar-refractivity contribution is 5.42. The predicted molar refractivity (Wildman–Crippen MR) is 56.9 cm³/mol. The fourth-order valence-corrected chi connectivity index (χ4v) is 1.13. The molecule has 0 fully saturated rings. The van der Waals surface area contributed by atoms with Gasteiger partial charge in [-0.2, -0.15) is 0 Å². The van der Waals surface area contributed by atoms with Crippen LogP contribution >= 0.6 is 0 Å². The second-order valence-corrected chi connectivity index (χ2v) is 3.24. The molecule has 78 valence electrons. The van der Waals surface area contributed by atoms with Crippen molar-refractivity contribution in [3.05, 3.63) is 30.2 Å². The summed E-state index contributed by atoms with van der Waals surface area (Å²) in [7, 11) is 0. The Morgan fingerprint density at radius 3 is 3.14 bits per heavy atom. The lowest BCUT2D eigenvalue weighted by Crippen LogP contribution is -2.26. The van der Waals surface area contributed by atoms with Crippen molar-refractivity contribution in [2.45, 2.75) is 19.4 Å². The van der Waals surface area contributed by atoms with E-state index in [2.05, 4.69) is 12.2 Å². The van der Waals surface area contributed by atoms with E-state index in [0.717, 1.165) is 18.7 Å². The van der Waals surface area contributed by atoms with Gasteiger partial charge in [-0.15, -0.1) is 0 Å². The molecule has 0 amide bonds. The molecule has 14 heavy (non-hydrogen) atoms. The van der Waals surface area contributed by atoms with E-state index in [0.29, 0.717) is 6.04 Å². The van der Waals surface area contributed by atoms with Crippen LogP contribution < -0.4 is 5.32 Å². The second-order valence-electron chi connectivity index (χ2n) is 3.24. The number of hydrogen-bond acceptors (Lipinski definition) is 3. The van der Waals surface area contributed by atoms with Gasteiger partial charge in [0.05, 0.1) is 6.26 Å². The zero-order valence-corrected chi connectivity index (χ0v) is 8.44. The third kappa shape index (κ3) is 4.25. The highest BCUT2D eigenvalue weighted by Gasteiger charge is 1.96. The van der Waals surface area contributed by atoms with Gasteiger partial charge in [0.15, 0.2) is 0 Å². The van der Waals surface area contributed by atoms with E-state index < -0.39 is 0 Å². The van der Waals surface area contributed by atoms with E-state index in [1.54, 1.807) is 6.26 Å². The average molecular weight is 195 g/mol. The number of rotatable bonds is 6. The summed E-state index contributed by atoms with van der Waals surface area (Å²) in [4.78, 5) is 0. The number of hydrogen-bond donors (Lipinski definition) is 2. The van der Waals surface area contributed by atoms with Crippen molar-refractivity contribution in [3.8, 4) is 0 Å². The molecule has 1 aromatic heterocycles. The quantitative estimate of drug-likeness (QED) is 0.725. The fourth-order valence-electron chi connectivity index (χ4n) is 1.13. The molecule has 0 aliphatic carbocycles. The Labute approximate surface area is 84.4 Å². The average Bonchev–Trinajstić information content (AvgIpc) is 2.65. The van der Waals surface area contributed by atoms with E-state index >= 15 is 0 Å². The molecule has 0 aliphatic rings. The third-order valence-corrected chi connectivity index (χ3v) is 1.97. The van der Waals surface area contributed by atoms with Gasteiger partial charge in [-0.1, -0.05) is 6.08 Å². The van der Waals surface area contributed by atoms with Gasteiger partial charge >= 0.3 is 0 Å². The summed E-state index contributed by atoms with van der Waals surface area (Å²) in [6.45, 7) is 3.08. The van der Waals surface area contributed by atoms with E-state index in [-0.39, 0.29) is 6.61 Å². The topological polar surface area (TPSA) is 45.4 Å². The molecule has 0 bridgehead atoms. The first-order valence-electron chi connectivity index (χ1n) is 4.87. The molecule has 0 saturated heterocycles. The summed E-state index contributed by atoms with van der Waals surface area (Å²) in [6.07, 6.45) is 6.38. The van der Waals surface area contributed by atoms with Crippen molar-refractivity contribution < 1.29 is 9.52 Å². The van der Waals surface area contributed by atoms with Crippen LogP contribution in [0.3, 0.4) is 0 Å². The molecule has 1 unspecified atom stereocenters. The lowest BCUT2D eigenvalue weighted by Gasteiger charge is -2.09. The summed E-state index contributed by atoms with van der Waals surface area (Å²) in [5.41, 5.74) is 0. The molecule has 0 aliphatic heterocycles. The molecular weight excluding hydrogens is 178 g/mol. The first kappa shape index (κ1) is 11.0. The summed E-state index contributed by atoms with van der Waals surface area (Å²) in [6, 6.07) is 4.12. The van der Waals surface area contributed by atoms with E-state index in [4.69, 9.17) is 9.52 Å². The SMILES string of the molecule is CC(CCO)NC/C=C/c1ccco1. The minimum atomic E-state index is 0.232. The minimum absolute atomic E-state index is 0.232. The van der Waals surface area contributed by atoms with Crippen LogP contribution in [0.5, 0.6) is 0 Å². The highest BCUT2D eigenvalue weighted by Crippen LogP contribution is 2.01. The normalized spacial score (nSPS) is 13.6. The zero-order chi connectivity index (χ0) is 10.2. The van der Waals surface area contributed by atoms with Gasteiger partial charge in [0.2, 0.25) is 0 Å². The van der Waals surface area contributed by atoms with Gasteiger partial charge in [-0.3, -0.25) is 0 Å². The maximum absolute atomic E-state index is 8.67. The molecule has 0 saturated carbocycles. The van der Waals surface area contributed by atoms with Crippen LogP contribution in [0.1, 0.15) is 19.1 Å². The Bertz CT molecular complexity index is 254. The molecule has 3 heteroatoms.